The first kappa shape index (κ1) is 18.4. The van der Waals surface area contributed by atoms with E-state index in [0.29, 0.717) is 24.2 Å². The molecule has 1 N–H and O–H groups in total. The second-order valence-corrected chi connectivity index (χ2v) is 6.13. The zero-order valence-corrected chi connectivity index (χ0v) is 15.3. The number of carbonyl (C=O) groups excluding carboxylic acids is 2. The van der Waals surface area contributed by atoms with Gasteiger partial charge < -0.3 is 10.2 Å². The summed E-state index contributed by atoms with van der Waals surface area (Å²) in [5.41, 5.74) is 2.83. The van der Waals surface area contributed by atoms with Crippen LogP contribution < -0.4 is 10.2 Å². The Morgan fingerprint density at radius 3 is 2.11 bits per heavy atom. The summed E-state index contributed by atoms with van der Waals surface area (Å²) in [5, 5.41) is 2.89. The van der Waals surface area contributed by atoms with E-state index in [0.717, 1.165) is 11.3 Å². The predicted octanol–water partition coefficient (Wildman–Crippen LogP) is 4.28. The van der Waals surface area contributed by atoms with Gasteiger partial charge in [-0.2, -0.15) is 0 Å². The number of rotatable bonds is 6. The highest BCUT2D eigenvalue weighted by atomic mass is 16.2. The molecule has 2 amide bonds. The largest absolute Gasteiger partial charge is 0.348 e. The van der Waals surface area contributed by atoms with E-state index in [-0.39, 0.29) is 11.8 Å². The van der Waals surface area contributed by atoms with Crippen LogP contribution in [0, 0.1) is 0 Å². The van der Waals surface area contributed by atoms with Crippen molar-refractivity contribution in [1.29, 1.82) is 0 Å². The Hall–Kier alpha value is -3.40. The van der Waals surface area contributed by atoms with E-state index < -0.39 is 0 Å². The lowest BCUT2D eigenvalue weighted by Gasteiger charge is -2.21. The van der Waals surface area contributed by atoms with Crippen molar-refractivity contribution in [2.75, 3.05) is 11.4 Å². The van der Waals surface area contributed by atoms with Crippen molar-refractivity contribution < 1.29 is 9.59 Å². The van der Waals surface area contributed by atoms with Gasteiger partial charge in [0, 0.05) is 29.9 Å². The van der Waals surface area contributed by atoms with Gasteiger partial charge in [0.2, 0.25) is 0 Å². The van der Waals surface area contributed by atoms with Crippen molar-refractivity contribution >= 4 is 17.5 Å². The van der Waals surface area contributed by atoms with Crippen LogP contribution in [-0.2, 0) is 6.54 Å². The number of carbonyl (C=O) groups is 2. The second-order valence-electron chi connectivity index (χ2n) is 6.13. The molecule has 0 bridgehead atoms. The van der Waals surface area contributed by atoms with Gasteiger partial charge in [-0.3, -0.25) is 9.59 Å². The molecule has 0 atom stereocenters. The number of nitrogens with zero attached hydrogens (tertiary/aromatic N) is 1. The van der Waals surface area contributed by atoms with Crippen molar-refractivity contribution in [3.63, 3.8) is 0 Å². The summed E-state index contributed by atoms with van der Waals surface area (Å²) in [6, 6.07) is 26.1. The van der Waals surface area contributed by atoms with Crippen molar-refractivity contribution in [1.82, 2.24) is 5.32 Å². The summed E-state index contributed by atoms with van der Waals surface area (Å²) in [6.07, 6.45) is 0. The Balaban J connectivity index is 1.74. The Bertz CT molecular complexity index is 908. The van der Waals surface area contributed by atoms with Crippen LogP contribution in [0.2, 0.25) is 0 Å². The van der Waals surface area contributed by atoms with Gasteiger partial charge in [0.15, 0.2) is 0 Å². The molecule has 0 spiro atoms. The van der Waals surface area contributed by atoms with Gasteiger partial charge in [-0.1, -0.05) is 54.6 Å². The highest BCUT2D eigenvalue weighted by Gasteiger charge is 2.17. The molecule has 136 valence electrons. The molecule has 4 heteroatoms. The summed E-state index contributed by atoms with van der Waals surface area (Å²) in [4.78, 5) is 27.1. The van der Waals surface area contributed by atoms with Crippen LogP contribution in [-0.4, -0.2) is 18.4 Å². The zero-order valence-electron chi connectivity index (χ0n) is 15.3. The van der Waals surface area contributed by atoms with Crippen molar-refractivity contribution in [3.05, 3.63) is 102 Å². The molecule has 0 heterocycles. The second kappa shape index (κ2) is 8.81. The third kappa shape index (κ3) is 4.61. The number of anilines is 1. The monoisotopic (exact) mass is 358 g/mol. The fraction of sp³-hybridized carbons (Fsp3) is 0.130. The fourth-order valence-electron chi connectivity index (χ4n) is 2.88. The number of hydrogen-bond donors (Lipinski definition) is 1. The minimum absolute atomic E-state index is 0.124. The summed E-state index contributed by atoms with van der Waals surface area (Å²) in [5.74, 6) is -0.322. The molecule has 0 aliphatic rings. The quantitative estimate of drug-likeness (QED) is 0.715. The van der Waals surface area contributed by atoms with E-state index in [1.807, 2.05) is 67.6 Å². The Labute approximate surface area is 159 Å². The van der Waals surface area contributed by atoms with Crippen LogP contribution in [0.4, 0.5) is 5.69 Å². The molecule has 3 aromatic rings. The molecule has 27 heavy (non-hydrogen) atoms. The molecule has 0 saturated heterocycles. The van der Waals surface area contributed by atoms with Crippen LogP contribution in [0.3, 0.4) is 0 Å². The van der Waals surface area contributed by atoms with E-state index in [2.05, 4.69) is 5.32 Å². The van der Waals surface area contributed by atoms with Gasteiger partial charge in [-0.15, -0.1) is 0 Å². The number of para-hydroxylation sites is 1. The molecular weight excluding hydrogens is 336 g/mol. The maximum absolute atomic E-state index is 12.9. The number of hydrogen-bond acceptors (Lipinski definition) is 2. The summed E-state index contributed by atoms with van der Waals surface area (Å²) in [6.45, 7) is 2.93. The number of nitrogens with one attached hydrogen (secondary N) is 1. The molecule has 0 fully saturated rings. The molecule has 4 nitrogen and oxygen atoms in total. The lowest BCUT2D eigenvalue weighted by atomic mass is 10.1. The van der Waals surface area contributed by atoms with Gasteiger partial charge in [-0.05, 0) is 42.8 Å². The average Bonchev–Trinajstić information content (AvgIpc) is 2.74. The molecule has 0 radical (unpaired) electrons. The smallest absolute Gasteiger partial charge is 0.258 e. The molecule has 0 aromatic heterocycles. The third-order valence-electron chi connectivity index (χ3n) is 4.30. The van der Waals surface area contributed by atoms with Crippen LogP contribution in [0.5, 0.6) is 0 Å². The molecule has 3 aromatic carbocycles. The van der Waals surface area contributed by atoms with Crippen LogP contribution in [0.15, 0.2) is 84.9 Å². The van der Waals surface area contributed by atoms with Crippen molar-refractivity contribution in [3.8, 4) is 0 Å². The SMILES string of the molecule is CCN(C(=O)c1cccc(C(=O)NCc2ccccc2)c1)c1ccccc1. The summed E-state index contributed by atoms with van der Waals surface area (Å²) in [7, 11) is 0. The first-order valence-corrected chi connectivity index (χ1v) is 8.98. The molecule has 0 aliphatic heterocycles. The molecule has 0 unspecified atom stereocenters. The summed E-state index contributed by atoms with van der Waals surface area (Å²) >= 11 is 0. The molecular formula is C23H22N2O2. The predicted molar refractivity (Wildman–Crippen MR) is 108 cm³/mol. The van der Waals surface area contributed by atoms with Crippen molar-refractivity contribution in [2.24, 2.45) is 0 Å². The highest BCUT2D eigenvalue weighted by molar-refractivity contribution is 6.07. The van der Waals surface area contributed by atoms with E-state index in [1.165, 1.54) is 0 Å². The van der Waals surface area contributed by atoms with E-state index >= 15 is 0 Å². The maximum Gasteiger partial charge on any atom is 0.258 e. The molecule has 3 rings (SSSR count). The van der Waals surface area contributed by atoms with Gasteiger partial charge in [0.1, 0.15) is 0 Å². The fourth-order valence-corrected chi connectivity index (χ4v) is 2.88. The zero-order chi connectivity index (χ0) is 19.1. The van der Waals surface area contributed by atoms with Crippen LogP contribution in [0.25, 0.3) is 0 Å². The van der Waals surface area contributed by atoms with E-state index in [9.17, 15) is 9.59 Å². The standard InChI is InChI=1S/C23H22N2O2/c1-2-25(21-14-7-4-8-15-21)23(27)20-13-9-12-19(16-20)22(26)24-17-18-10-5-3-6-11-18/h3-16H,2,17H2,1H3,(H,24,26). The molecule has 0 aliphatic carbocycles. The topological polar surface area (TPSA) is 49.4 Å². The van der Waals surface area contributed by atoms with Crippen LogP contribution in [0.1, 0.15) is 33.2 Å². The third-order valence-corrected chi connectivity index (χ3v) is 4.30. The Morgan fingerprint density at radius 1 is 0.815 bits per heavy atom. The lowest BCUT2D eigenvalue weighted by Crippen LogP contribution is -2.31. The number of amides is 2. The number of benzene rings is 3. The maximum atomic E-state index is 12.9. The minimum atomic E-state index is -0.198. The van der Waals surface area contributed by atoms with Gasteiger partial charge >= 0.3 is 0 Å². The van der Waals surface area contributed by atoms with Gasteiger partial charge in [0.05, 0.1) is 0 Å². The first-order valence-electron chi connectivity index (χ1n) is 8.98. The lowest BCUT2D eigenvalue weighted by molar-refractivity contribution is 0.0951. The first-order chi connectivity index (χ1) is 13.2. The van der Waals surface area contributed by atoms with Gasteiger partial charge in [-0.25, -0.2) is 0 Å². The van der Waals surface area contributed by atoms with E-state index in [1.54, 1.807) is 29.2 Å². The Kier molecular flexibility index (Phi) is 6.00. The Morgan fingerprint density at radius 2 is 1.44 bits per heavy atom. The summed E-state index contributed by atoms with van der Waals surface area (Å²) < 4.78 is 0. The van der Waals surface area contributed by atoms with Crippen molar-refractivity contribution in [2.45, 2.75) is 13.5 Å². The van der Waals surface area contributed by atoms with Crippen LogP contribution >= 0.6 is 0 Å². The van der Waals surface area contributed by atoms with E-state index in [4.69, 9.17) is 0 Å². The average molecular weight is 358 g/mol. The van der Waals surface area contributed by atoms with Gasteiger partial charge in [0.25, 0.3) is 11.8 Å². The highest BCUT2D eigenvalue weighted by Crippen LogP contribution is 2.17. The minimum Gasteiger partial charge on any atom is -0.348 e. The normalized spacial score (nSPS) is 10.3. The molecule has 0 saturated carbocycles.